The molecule has 0 bridgehead atoms. The maximum absolute atomic E-state index is 12.4. The Bertz CT molecular complexity index is 707. The SMILES string of the molecule is CN(C(=O)c1cc(Br)ccc1O)c1ccccc1C#N. The van der Waals surface area contributed by atoms with Crippen LogP contribution in [0.4, 0.5) is 5.69 Å². The number of phenolic OH excluding ortho intramolecular Hbond substituents is 1. The summed E-state index contributed by atoms with van der Waals surface area (Å²) in [7, 11) is 1.57. The molecule has 2 aromatic carbocycles. The van der Waals surface area contributed by atoms with E-state index in [0.29, 0.717) is 15.7 Å². The third-order valence-corrected chi connectivity index (χ3v) is 3.37. The van der Waals surface area contributed by atoms with Gasteiger partial charge in [-0.3, -0.25) is 4.79 Å². The topological polar surface area (TPSA) is 64.3 Å². The molecule has 0 aliphatic heterocycles. The second-order valence-electron chi connectivity index (χ2n) is 4.15. The van der Waals surface area contributed by atoms with Crippen molar-refractivity contribution in [3.63, 3.8) is 0 Å². The first-order valence-corrected chi connectivity index (χ1v) is 6.59. The highest BCUT2D eigenvalue weighted by Gasteiger charge is 2.19. The quantitative estimate of drug-likeness (QED) is 0.918. The fraction of sp³-hybridized carbons (Fsp3) is 0.0667. The summed E-state index contributed by atoms with van der Waals surface area (Å²) in [6.07, 6.45) is 0. The van der Waals surface area contributed by atoms with Gasteiger partial charge in [-0.2, -0.15) is 5.26 Å². The lowest BCUT2D eigenvalue weighted by atomic mass is 10.1. The third kappa shape index (κ3) is 2.65. The Kier molecular flexibility index (Phi) is 4.06. The van der Waals surface area contributed by atoms with Crippen LogP contribution in [0.5, 0.6) is 5.75 Å². The van der Waals surface area contributed by atoms with Crippen LogP contribution >= 0.6 is 15.9 Å². The van der Waals surface area contributed by atoms with E-state index in [1.807, 2.05) is 6.07 Å². The number of carbonyl (C=O) groups excluding carboxylic acids is 1. The van der Waals surface area contributed by atoms with Gasteiger partial charge in [-0.1, -0.05) is 28.1 Å². The summed E-state index contributed by atoms with van der Waals surface area (Å²) in [5.74, 6) is -0.481. The van der Waals surface area contributed by atoms with Gasteiger partial charge >= 0.3 is 0 Å². The van der Waals surface area contributed by atoms with Crippen LogP contribution < -0.4 is 4.90 Å². The molecule has 0 atom stereocenters. The number of rotatable bonds is 2. The second kappa shape index (κ2) is 5.76. The lowest BCUT2D eigenvalue weighted by Crippen LogP contribution is -2.27. The number of nitrogens with zero attached hydrogens (tertiary/aromatic N) is 2. The summed E-state index contributed by atoms with van der Waals surface area (Å²) < 4.78 is 0.695. The molecule has 0 spiro atoms. The average molecular weight is 331 g/mol. The number of phenols is 1. The largest absolute Gasteiger partial charge is 0.507 e. The molecule has 20 heavy (non-hydrogen) atoms. The molecule has 5 heteroatoms. The van der Waals surface area contributed by atoms with E-state index in [0.717, 1.165) is 0 Å². The Morgan fingerprint density at radius 3 is 2.70 bits per heavy atom. The number of hydrogen-bond donors (Lipinski definition) is 1. The summed E-state index contributed by atoms with van der Waals surface area (Å²) in [6, 6.07) is 13.5. The summed E-state index contributed by atoms with van der Waals surface area (Å²) in [4.78, 5) is 13.8. The van der Waals surface area contributed by atoms with Crippen LogP contribution in [-0.2, 0) is 0 Å². The van der Waals surface area contributed by atoms with E-state index in [9.17, 15) is 9.90 Å². The van der Waals surface area contributed by atoms with Gasteiger partial charge in [-0.05, 0) is 30.3 Å². The lowest BCUT2D eigenvalue weighted by molar-refractivity contribution is 0.0990. The van der Waals surface area contributed by atoms with Gasteiger partial charge in [0.05, 0.1) is 16.8 Å². The van der Waals surface area contributed by atoms with Crippen molar-refractivity contribution < 1.29 is 9.90 Å². The molecule has 0 saturated heterocycles. The molecule has 2 aromatic rings. The number of hydrogen-bond acceptors (Lipinski definition) is 3. The monoisotopic (exact) mass is 330 g/mol. The smallest absolute Gasteiger partial charge is 0.261 e. The van der Waals surface area contributed by atoms with E-state index >= 15 is 0 Å². The molecule has 0 fully saturated rings. The van der Waals surface area contributed by atoms with Crippen LogP contribution in [0.25, 0.3) is 0 Å². The predicted molar refractivity (Wildman–Crippen MR) is 79.7 cm³/mol. The maximum Gasteiger partial charge on any atom is 0.261 e. The average Bonchev–Trinajstić information content (AvgIpc) is 2.48. The molecule has 0 unspecified atom stereocenters. The Labute approximate surface area is 125 Å². The number of carbonyl (C=O) groups is 1. The number of para-hydroxylation sites is 1. The molecule has 1 N–H and O–H groups in total. The minimum Gasteiger partial charge on any atom is -0.507 e. The van der Waals surface area contributed by atoms with Gasteiger partial charge in [0.25, 0.3) is 5.91 Å². The Balaban J connectivity index is 2.43. The number of anilines is 1. The van der Waals surface area contributed by atoms with Crippen LogP contribution in [0.15, 0.2) is 46.9 Å². The predicted octanol–water partition coefficient (Wildman–Crippen LogP) is 3.30. The van der Waals surface area contributed by atoms with Crippen molar-refractivity contribution >= 4 is 27.5 Å². The fourth-order valence-corrected chi connectivity index (χ4v) is 2.19. The standard InChI is InChI=1S/C15H11BrN2O2/c1-18(13-5-3-2-4-10(13)9-17)15(20)12-8-11(16)6-7-14(12)19/h2-8,19H,1H3. The highest BCUT2D eigenvalue weighted by atomic mass is 79.9. The molecule has 0 radical (unpaired) electrons. The Morgan fingerprint density at radius 1 is 1.30 bits per heavy atom. The van der Waals surface area contributed by atoms with Gasteiger partial charge in [0.15, 0.2) is 0 Å². The van der Waals surface area contributed by atoms with E-state index in [1.54, 1.807) is 43.4 Å². The Hall–Kier alpha value is -2.32. The number of amides is 1. The van der Waals surface area contributed by atoms with Gasteiger partial charge in [0.1, 0.15) is 11.8 Å². The zero-order chi connectivity index (χ0) is 14.7. The van der Waals surface area contributed by atoms with Gasteiger partial charge < -0.3 is 10.0 Å². The molecule has 0 saturated carbocycles. The van der Waals surface area contributed by atoms with Crippen LogP contribution in [-0.4, -0.2) is 18.1 Å². The first-order valence-electron chi connectivity index (χ1n) is 5.80. The van der Waals surface area contributed by atoms with Gasteiger partial charge in [-0.25, -0.2) is 0 Å². The van der Waals surface area contributed by atoms with Gasteiger partial charge in [-0.15, -0.1) is 0 Å². The lowest BCUT2D eigenvalue weighted by Gasteiger charge is -2.19. The highest BCUT2D eigenvalue weighted by molar-refractivity contribution is 9.10. The van der Waals surface area contributed by atoms with E-state index in [-0.39, 0.29) is 17.2 Å². The molecule has 0 heterocycles. The summed E-state index contributed by atoms with van der Waals surface area (Å²) in [5.41, 5.74) is 1.08. The Morgan fingerprint density at radius 2 is 2.00 bits per heavy atom. The normalized spacial score (nSPS) is 9.85. The van der Waals surface area contributed by atoms with E-state index in [1.165, 1.54) is 11.0 Å². The molecule has 0 aliphatic carbocycles. The van der Waals surface area contributed by atoms with Crippen molar-refractivity contribution in [1.82, 2.24) is 0 Å². The number of nitriles is 1. The van der Waals surface area contributed by atoms with E-state index in [2.05, 4.69) is 15.9 Å². The summed E-state index contributed by atoms with van der Waals surface area (Å²) in [5, 5.41) is 18.9. The molecule has 100 valence electrons. The summed E-state index contributed by atoms with van der Waals surface area (Å²) >= 11 is 3.26. The van der Waals surface area contributed by atoms with Crippen LogP contribution in [0.2, 0.25) is 0 Å². The van der Waals surface area contributed by atoms with E-state index < -0.39 is 0 Å². The first-order chi connectivity index (χ1) is 9.54. The van der Waals surface area contributed by atoms with Crippen LogP contribution in [0.1, 0.15) is 15.9 Å². The van der Waals surface area contributed by atoms with Crippen molar-refractivity contribution in [3.05, 3.63) is 58.1 Å². The number of benzene rings is 2. The van der Waals surface area contributed by atoms with Crippen molar-refractivity contribution in [1.29, 1.82) is 5.26 Å². The van der Waals surface area contributed by atoms with Gasteiger partial charge in [0, 0.05) is 11.5 Å². The van der Waals surface area contributed by atoms with Crippen LogP contribution in [0.3, 0.4) is 0 Å². The zero-order valence-electron chi connectivity index (χ0n) is 10.7. The molecule has 1 amide bonds. The third-order valence-electron chi connectivity index (χ3n) is 2.88. The van der Waals surface area contributed by atoms with E-state index in [4.69, 9.17) is 5.26 Å². The highest BCUT2D eigenvalue weighted by Crippen LogP contribution is 2.26. The summed E-state index contributed by atoms with van der Waals surface area (Å²) in [6.45, 7) is 0. The molecule has 4 nitrogen and oxygen atoms in total. The number of halogens is 1. The van der Waals surface area contributed by atoms with Crippen molar-refractivity contribution in [3.8, 4) is 11.8 Å². The van der Waals surface area contributed by atoms with Crippen LogP contribution in [0, 0.1) is 11.3 Å². The second-order valence-corrected chi connectivity index (χ2v) is 5.07. The van der Waals surface area contributed by atoms with Crippen molar-refractivity contribution in [2.45, 2.75) is 0 Å². The number of aromatic hydroxyl groups is 1. The molecule has 0 aromatic heterocycles. The molecule has 2 rings (SSSR count). The zero-order valence-corrected chi connectivity index (χ0v) is 12.3. The van der Waals surface area contributed by atoms with Gasteiger partial charge in [0.2, 0.25) is 0 Å². The maximum atomic E-state index is 12.4. The molecular weight excluding hydrogens is 320 g/mol. The van der Waals surface area contributed by atoms with Crippen molar-refractivity contribution in [2.24, 2.45) is 0 Å². The minimum absolute atomic E-state index is 0.0977. The molecular formula is C15H11BrN2O2. The fourth-order valence-electron chi connectivity index (χ4n) is 1.83. The minimum atomic E-state index is -0.383. The first kappa shape index (κ1) is 14.1. The molecule has 0 aliphatic rings. The van der Waals surface area contributed by atoms with Crippen molar-refractivity contribution in [2.75, 3.05) is 11.9 Å².